The van der Waals surface area contributed by atoms with Crippen LogP contribution in [-0.4, -0.2) is 28.4 Å². The molecule has 0 radical (unpaired) electrons. The van der Waals surface area contributed by atoms with Crippen molar-refractivity contribution >= 4 is 23.5 Å². The summed E-state index contributed by atoms with van der Waals surface area (Å²) in [5, 5.41) is 10.1. The van der Waals surface area contributed by atoms with Crippen molar-refractivity contribution in [2.45, 2.75) is 32.2 Å². The van der Waals surface area contributed by atoms with E-state index in [0.29, 0.717) is 30.8 Å². The Labute approximate surface area is 123 Å². The van der Waals surface area contributed by atoms with Crippen LogP contribution in [0.4, 0.5) is 0 Å². The average Bonchev–Trinajstić information content (AvgIpc) is 2.58. The fraction of sp³-hybridized carbons (Fsp3) is 0.467. The van der Waals surface area contributed by atoms with Gasteiger partial charge >= 0.3 is 5.97 Å². The van der Waals surface area contributed by atoms with E-state index in [1.807, 2.05) is 19.1 Å². The minimum Gasteiger partial charge on any atom is -0.481 e. The summed E-state index contributed by atoms with van der Waals surface area (Å²) < 4.78 is 0. The van der Waals surface area contributed by atoms with Gasteiger partial charge in [-0.05, 0) is 37.5 Å². The number of carboxylic acids is 1. The number of aliphatic carboxylic acids is 1. The van der Waals surface area contributed by atoms with E-state index in [0.717, 1.165) is 5.56 Å². The summed E-state index contributed by atoms with van der Waals surface area (Å²) in [5.74, 6) is -1.39. The molecule has 0 spiro atoms. The lowest BCUT2D eigenvalue weighted by atomic mass is 9.89. The van der Waals surface area contributed by atoms with Crippen LogP contribution in [-0.2, 0) is 9.59 Å². The molecule has 1 fully saturated rings. The Morgan fingerprint density at radius 2 is 2.05 bits per heavy atom. The highest BCUT2D eigenvalue weighted by Gasteiger charge is 2.37. The van der Waals surface area contributed by atoms with Gasteiger partial charge in [0.15, 0.2) is 0 Å². The molecular formula is C15H18ClNO3. The first-order valence-electron chi connectivity index (χ1n) is 6.82. The lowest BCUT2D eigenvalue weighted by molar-refractivity contribution is -0.146. The summed E-state index contributed by atoms with van der Waals surface area (Å²) in [6.45, 7) is 2.39. The Hall–Kier alpha value is -1.55. The number of halogens is 1. The highest BCUT2D eigenvalue weighted by molar-refractivity contribution is 6.30. The predicted molar refractivity (Wildman–Crippen MR) is 76.6 cm³/mol. The second-order valence-corrected chi connectivity index (χ2v) is 5.45. The normalized spacial score (nSPS) is 23.5. The zero-order valence-corrected chi connectivity index (χ0v) is 12.1. The molecule has 0 bridgehead atoms. The van der Waals surface area contributed by atoms with Gasteiger partial charge in [-0.15, -0.1) is 0 Å². The Balaban J connectivity index is 2.45. The van der Waals surface area contributed by atoms with E-state index >= 15 is 0 Å². The van der Waals surface area contributed by atoms with Crippen LogP contribution in [0.1, 0.15) is 37.8 Å². The van der Waals surface area contributed by atoms with Crippen molar-refractivity contribution in [1.29, 1.82) is 0 Å². The molecule has 20 heavy (non-hydrogen) atoms. The first-order valence-corrected chi connectivity index (χ1v) is 7.20. The molecule has 1 aliphatic heterocycles. The van der Waals surface area contributed by atoms with Gasteiger partial charge in [0.2, 0.25) is 5.91 Å². The summed E-state index contributed by atoms with van der Waals surface area (Å²) in [6, 6.07) is 6.68. The third-order valence-electron chi connectivity index (χ3n) is 3.81. The Morgan fingerprint density at radius 1 is 1.40 bits per heavy atom. The molecule has 108 valence electrons. The minimum atomic E-state index is -0.849. The predicted octanol–water partition coefficient (Wildman–Crippen LogP) is 3.11. The molecular weight excluding hydrogens is 278 g/mol. The van der Waals surface area contributed by atoms with E-state index in [2.05, 4.69) is 0 Å². The third-order valence-corrected chi connectivity index (χ3v) is 4.06. The van der Waals surface area contributed by atoms with Crippen LogP contribution in [0.15, 0.2) is 24.3 Å². The lowest BCUT2D eigenvalue weighted by Gasteiger charge is -2.33. The highest BCUT2D eigenvalue weighted by Crippen LogP contribution is 2.36. The summed E-state index contributed by atoms with van der Waals surface area (Å²) in [5.41, 5.74) is 0.832. The van der Waals surface area contributed by atoms with E-state index < -0.39 is 17.9 Å². The number of hydrogen-bond acceptors (Lipinski definition) is 2. The third kappa shape index (κ3) is 2.96. The van der Waals surface area contributed by atoms with E-state index in [1.54, 1.807) is 17.0 Å². The van der Waals surface area contributed by atoms with E-state index in [9.17, 15) is 14.7 Å². The molecule has 1 heterocycles. The van der Waals surface area contributed by atoms with Crippen LogP contribution >= 0.6 is 11.6 Å². The van der Waals surface area contributed by atoms with Gasteiger partial charge in [0.05, 0.1) is 12.0 Å². The van der Waals surface area contributed by atoms with Gasteiger partial charge in [-0.1, -0.05) is 23.7 Å². The number of carbonyl (C=O) groups is 2. The van der Waals surface area contributed by atoms with Crippen molar-refractivity contribution < 1.29 is 14.7 Å². The van der Waals surface area contributed by atoms with Crippen molar-refractivity contribution in [3.8, 4) is 0 Å². The first kappa shape index (κ1) is 14.9. The zero-order chi connectivity index (χ0) is 14.7. The van der Waals surface area contributed by atoms with Crippen molar-refractivity contribution in [2.75, 3.05) is 6.54 Å². The monoisotopic (exact) mass is 295 g/mol. The minimum absolute atomic E-state index is 0.0243. The molecule has 1 saturated heterocycles. The number of nitrogens with zero attached hydrogens (tertiary/aromatic N) is 1. The van der Waals surface area contributed by atoms with Gasteiger partial charge in [-0.25, -0.2) is 0 Å². The number of rotatable bonds is 3. The molecule has 2 rings (SSSR count). The fourth-order valence-corrected chi connectivity index (χ4v) is 2.98. The molecule has 0 aromatic heterocycles. The maximum atomic E-state index is 12.2. The summed E-state index contributed by atoms with van der Waals surface area (Å²) in [4.78, 5) is 25.4. The number of likely N-dealkylation sites (tertiary alicyclic amines) is 1. The summed E-state index contributed by atoms with van der Waals surface area (Å²) in [6.07, 6.45) is 1.56. The average molecular weight is 296 g/mol. The van der Waals surface area contributed by atoms with Crippen molar-refractivity contribution in [3.63, 3.8) is 0 Å². The smallest absolute Gasteiger partial charge is 0.308 e. The first-order chi connectivity index (χ1) is 9.54. The van der Waals surface area contributed by atoms with Crippen LogP contribution in [0.2, 0.25) is 5.02 Å². The van der Waals surface area contributed by atoms with Gasteiger partial charge in [0.1, 0.15) is 0 Å². The molecule has 0 saturated carbocycles. The standard InChI is InChI=1S/C15H18ClNO3/c1-2-17-13(18)5-3-4-12(15(19)20)14(17)10-6-8-11(16)9-7-10/h6-9,12,14H,2-5H2,1H3,(H,19,20). The van der Waals surface area contributed by atoms with E-state index in [1.165, 1.54) is 0 Å². The van der Waals surface area contributed by atoms with Gasteiger partial charge < -0.3 is 10.0 Å². The van der Waals surface area contributed by atoms with Crippen molar-refractivity contribution in [2.24, 2.45) is 5.92 Å². The van der Waals surface area contributed by atoms with Crippen LogP contribution in [0.5, 0.6) is 0 Å². The Bertz CT molecular complexity index is 498. The lowest BCUT2D eigenvalue weighted by Crippen LogP contribution is -2.38. The van der Waals surface area contributed by atoms with E-state index in [-0.39, 0.29) is 5.91 Å². The second kappa shape index (κ2) is 6.27. The zero-order valence-electron chi connectivity index (χ0n) is 11.4. The number of hydrogen-bond donors (Lipinski definition) is 1. The maximum absolute atomic E-state index is 12.2. The fourth-order valence-electron chi connectivity index (χ4n) is 2.85. The van der Waals surface area contributed by atoms with Gasteiger partial charge in [-0.2, -0.15) is 0 Å². The van der Waals surface area contributed by atoms with Gasteiger partial charge in [0.25, 0.3) is 0 Å². The second-order valence-electron chi connectivity index (χ2n) is 5.01. The van der Waals surface area contributed by atoms with Crippen LogP contribution in [0.3, 0.4) is 0 Å². The molecule has 5 heteroatoms. The summed E-state index contributed by atoms with van der Waals surface area (Å²) >= 11 is 5.88. The maximum Gasteiger partial charge on any atom is 0.308 e. The SMILES string of the molecule is CCN1C(=O)CCCC(C(=O)O)C1c1ccc(Cl)cc1. The number of carboxylic acid groups (broad SMARTS) is 1. The number of benzene rings is 1. The topological polar surface area (TPSA) is 57.6 Å². The molecule has 1 aromatic rings. The largest absolute Gasteiger partial charge is 0.481 e. The molecule has 2 atom stereocenters. The van der Waals surface area contributed by atoms with Crippen molar-refractivity contribution in [3.05, 3.63) is 34.9 Å². The van der Waals surface area contributed by atoms with E-state index in [4.69, 9.17) is 11.6 Å². The Kier molecular flexibility index (Phi) is 4.65. The van der Waals surface area contributed by atoms with Crippen LogP contribution < -0.4 is 0 Å². The molecule has 1 amide bonds. The number of amides is 1. The highest BCUT2D eigenvalue weighted by atomic mass is 35.5. The summed E-state index contributed by atoms with van der Waals surface area (Å²) in [7, 11) is 0. The molecule has 1 aliphatic rings. The molecule has 2 unspecified atom stereocenters. The Morgan fingerprint density at radius 3 is 2.60 bits per heavy atom. The number of carbonyl (C=O) groups excluding carboxylic acids is 1. The van der Waals surface area contributed by atoms with Crippen molar-refractivity contribution in [1.82, 2.24) is 4.90 Å². The van der Waals surface area contributed by atoms with Gasteiger partial charge in [-0.3, -0.25) is 9.59 Å². The quantitative estimate of drug-likeness (QED) is 0.932. The van der Waals surface area contributed by atoms with Crippen LogP contribution in [0.25, 0.3) is 0 Å². The van der Waals surface area contributed by atoms with Crippen LogP contribution in [0, 0.1) is 5.92 Å². The molecule has 4 nitrogen and oxygen atoms in total. The molecule has 1 aromatic carbocycles. The molecule has 1 N–H and O–H groups in total. The van der Waals surface area contributed by atoms with Gasteiger partial charge in [0, 0.05) is 18.0 Å². The molecule has 0 aliphatic carbocycles.